The monoisotopic (exact) mass is 1200 g/mol. The molecular weight excluding hydrogens is 1140 g/mol. The van der Waals surface area contributed by atoms with Crippen LogP contribution in [0.3, 0.4) is 0 Å². The van der Waals surface area contributed by atoms with Gasteiger partial charge in [-0.05, 0) is 103 Å². The molecule has 20 nitrogen and oxygen atoms in total. The second kappa shape index (κ2) is 28.4. The average Bonchev–Trinajstić information content (AvgIpc) is 3.48. The predicted molar refractivity (Wildman–Crippen MR) is 297 cm³/mol. The molecule has 0 amide bonds. The number of aliphatic carboxylic acids is 2. The maximum absolute atomic E-state index is 11.2. The summed E-state index contributed by atoms with van der Waals surface area (Å²) in [5.74, 6) is 0.777. The number of benzene rings is 2. The fourth-order valence-corrected chi connectivity index (χ4v) is 9.77. The zero-order valence-electron chi connectivity index (χ0n) is 43.5. The van der Waals surface area contributed by atoms with Crippen molar-refractivity contribution in [2.45, 2.75) is 78.4 Å². The predicted octanol–water partition coefficient (Wildman–Crippen LogP) is 6.92. The molecule has 4 aromatic heterocycles. The minimum Gasteiger partial charge on any atom is -0.481 e. The Balaban J connectivity index is 0.953. The van der Waals surface area contributed by atoms with Crippen molar-refractivity contribution in [2.75, 3.05) is 75.5 Å². The molecule has 78 heavy (non-hydrogen) atoms. The van der Waals surface area contributed by atoms with Gasteiger partial charge < -0.3 is 69.3 Å². The third-order valence-corrected chi connectivity index (χ3v) is 14.3. The minimum atomic E-state index is -1.09. The lowest BCUT2D eigenvalue weighted by molar-refractivity contribution is -0.140. The molecule has 2 atom stereocenters. The van der Waals surface area contributed by atoms with Crippen molar-refractivity contribution in [3.63, 3.8) is 0 Å². The van der Waals surface area contributed by atoms with Gasteiger partial charge >= 0.3 is 11.9 Å². The Morgan fingerprint density at radius 3 is 1.35 bits per heavy atom. The van der Waals surface area contributed by atoms with E-state index in [4.69, 9.17) is 48.6 Å². The highest BCUT2D eigenvalue weighted by Gasteiger charge is 2.21. The molecule has 6 heterocycles. The van der Waals surface area contributed by atoms with E-state index in [1.807, 2.05) is 60.7 Å². The molecule has 22 heteroatoms. The van der Waals surface area contributed by atoms with Crippen molar-refractivity contribution in [3.8, 4) is 34.6 Å². The van der Waals surface area contributed by atoms with Gasteiger partial charge in [-0.25, -0.2) is 9.97 Å². The Kier molecular flexibility index (Phi) is 21.0. The highest BCUT2D eigenvalue weighted by Crippen LogP contribution is 2.35. The second-order valence-corrected chi connectivity index (χ2v) is 20.5. The lowest BCUT2D eigenvalue weighted by Crippen LogP contribution is -2.36. The first-order valence-corrected chi connectivity index (χ1v) is 27.2. The van der Waals surface area contributed by atoms with Crippen LogP contribution in [0.1, 0.15) is 57.3 Å². The zero-order valence-corrected chi connectivity index (χ0v) is 46.6. The molecule has 0 saturated carbocycles. The van der Waals surface area contributed by atoms with Gasteiger partial charge in [0.05, 0.1) is 60.4 Å². The summed E-state index contributed by atoms with van der Waals surface area (Å²) in [4.78, 5) is 45.6. The lowest BCUT2D eigenvalue weighted by atomic mass is 9.92. The summed E-state index contributed by atoms with van der Waals surface area (Å²) in [6.45, 7) is 11.1. The third-order valence-electron chi connectivity index (χ3n) is 13.1. The number of carboxylic acid groups (broad SMARTS) is 2. The number of rotatable bonds is 27. The van der Waals surface area contributed by atoms with Crippen LogP contribution in [-0.2, 0) is 58.6 Å². The molecule has 0 unspecified atom stereocenters. The largest absolute Gasteiger partial charge is 0.481 e. The van der Waals surface area contributed by atoms with Crippen LogP contribution < -0.4 is 39.4 Å². The first-order chi connectivity index (χ1) is 37.8. The summed E-state index contributed by atoms with van der Waals surface area (Å²) < 4.78 is 37.6. The fraction of sp³-hybridized carbons (Fsp3) is 0.393. The highest BCUT2D eigenvalue weighted by molar-refractivity contribution is 9.10. The SMILES string of the molecule is Cc1c(COc2nc(OCc3ccc(N4CCOCC4)nc3)c(CNC[C@@H](O)CC(=O)O)cc2Br)cccc1-c1cccc(COc2nc(OCc3ccc(N4CCOCC4)nc3)c(CNC[C@@H](O)CC(=O)O)cc2Br)c1C. The van der Waals surface area contributed by atoms with E-state index in [1.54, 1.807) is 12.4 Å². The zero-order chi connectivity index (χ0) is 55.0. The highest BCUT2D eigenvalue weighted by atomic mass is 79.9. The Bertz CT molecular complexity index is 2770. The molecule has 2 fully saturated rings. The molecule has 6 aromatic rings. The number of ether oxygens (including phenoxy) is 6. The van der Waals surface area contributed by atoms with Crippen molar-refractivity contribution in [3.05, 3.63) is 139 Å². The van der Waals surface area contributed by atoms with E-state index in [-0.39, 0.29) is 65.4 Å². The number of pyridine rings is 4. The van der Waals surface area contributed by atoms with Crippen molar-refractivity contribution in [1.82, 2.24) is 30.6 Å². The van der Waals surface area contributed by atoms with Crippen molar-refractivity contribution < 1.29 is 58.4 Å². The van der Waals surface area contributed by atoms with Gasteiger partial charge in [-0.1, -0.05) is 48.5 Å². The van der Waals surface area contributed by atoms with E-state index in [1.165, 1.54) is 0 Å². The third kappa shape index (κ3) is 16.3. The van der Waals surface area contributed by atoms with Crippen LogP contribution in [0.4, 0.5) is 11.6 Å². The Hall–Kier alpha value is -6.50. The van der Waals surface area contributed by atoms with Gasteiger partial charge in [-0.15, -0.1) is 0 Å². The second-order valence-electron chi connectivity index (χ2n) is 18.8. The van der Waals surface area contributed by atoms with Crippen LogP contribution in [-0.4, -0.2) is 130 Å². The number of aliphatic hydroxyl groups is 2. The van der Waals surface area contributed by atoms with Crippen molar-refractivity contribution in [1.29, 1.82) is 0 Å². The van der Waals surface area contributed by atoms with Gasteiger partial charge in [0.15, 0.2) is 0 Å². The van der Waals surface area contributed by atoms with Crippen LogP contribution in [0.2, 0.25) is 0 Å². The number of hydrogen-bond donors (Lipinski definition) is 6. The molecule has 2 aromatic carbocycles. The average molecular weight is 1200 g/mol. The van der Waals surface area contributed by atoms with Crippen LogP contribution in [0.25, 0.3) is 11.1 Å². The smallest absolute Gasteiger partial charge is 0.306 e. The molecule has 0 aliphatic carbocycles. The number of carbonyl (C=O) groups is 2. The number of morpholine rings is 2. The van der Waals surface area contributed by atoms with E-state index < -0.39 is 24.1 Å². The minimum absolute atomic E-state index is 0.0523. The topological polar surface area (TPSA) is 253 Å². The van der Waals surface area contributed by atoms with Gasteiger partial charge in [-0.3, -0.25) is 9.59 Å². The molecular formula is C56H64Br2N8O12. The Morgan fingerprint density at radius 1 is 0.577 bits per heavy atom. The quantitative estimate of drug-likeness (QED) is 0.0306. The number of halogens is 2. The molecule has 0 spiro atoms. The summed E-state index contributed by atoms with van der Waals surface area (Å²) in [7, 11) is 0. The maximum atomic E-state index is 11.2. The molecule has 2 saturated heterocycles. The number of anilines is 2. The van der Waals surface area contributed by atoms with E-state index in [0.29, 0.717) is 70.0 Å². The molecule has 2 aliphatic rings. The van der Waals surface area contributed by atoms with Crippen LogP contribution in [0.5, 0.6) is 23.5 Å². The normalized spacial score (nSPS) is 14.4. The van der Waals surface area contributed by atoms with Crippen LogP contribution in [0.15, 0.2) is 94.1 Å². The van der Waals surface area contributed by atoms with Crippen molar-refractivity contribution in [2.24, 2.45) is 0 Å². The van der Waals surface area contributed by atoms with Gasteiger partial charge in [0.1, 0.15) is 38.1 Å². The molecule has 6 N–H and O–H groups in total. The molecule has 2 aliphatic heterocycles. The number of hydrogen-bond acceptors (Lipinski definition) is 18. The first-order valence-electron chi connectivity index (χ1n) is 25.6. The summed E-state index contributed by atoms with van der Waals surface area (Å²) in [6, 6.07) is 23.7. The molecule has 8 rings (SSSR count). The van der Waals surface area contributed by atoms with Gasteiger partial charge in [0.25, 0.3) is 0 Å². The number of aliphatic hydroxyl groups excluding tert-OH is 2. The molecule has 414 valence electrons. The number of nitrogens with zero attached hydrogens (tertiary/aromatic N) is 6. The summed E-state index contributed by atoms with van der Waals surface area (Å²) in [5, 5.41) is 44.9. The fourth-order valence-electron chi connectivity index (χ4n) is 8.81. The van der Waals surface area contributed by atoms with Gasteiger partial charge in [-0.2, -0.15) is 9.97 Å². The van der Waals surface area contributed by atoms with E-state index in [0.717, 1.165) is 82.3 Å². The standard InChI is InChI=1S/C56H64Br2N8O12/c1-35-39(33-77-55-47(57)21-41(27-59-29-43(67)23-51(69)70)53(63-55)75-31-37-9-11-49(61-25-37)65-13-17-73-18-14-65)5-3-7-45(35)46-8-4-6-40(36(46)2)34-78-56-48(58)22-42(28-60-30-44(68)24-52(71)72)54(64-56)76-32-38-10-12-50(62-26-38)66-15-19-74-20-16-66/h3-12,21-22,25-26,43-44,59-60,67-68H,13-20,23-24,27-34H2,1-2H3,(H,69,70)(H,71,72)/t43-,44-/m0/s1. The van der Waals surface area contributed by atoms with E-state index >= 15 is 0 Å². The van der Waals surface area contributed by atoms with Crippen LogP contribution >= 0.6 is 31.9 Å². The van der Waals surface area contributed by atoms with E-state index in [2.05, 4.69) is 88.2 Å². The molecule has 0 bridgehead atoms. The first kappa shape index (κ1) is 57.7. The summed E-state index contributed by atoms with van der Waals surface area (Å²) in [6.07, 6.45) is 0.636. The van der Waals surface area contributed by atoms with Gasteiger partial charge in [0.2, 0.25) is 23.5 Å². The maximum Gasteiger partial charge on any atom is 0.306 e. The summed E-state index contributed by atoms with van der Waals surface area (Å²) in [5.41, 5.74) is 8.92. The van der Waals surface area contributed by atoms with Crippen LogP contribution in [0, 0.1) is 13.8 Å². The van der Waals surface area contributed by atoms with Crippen molar-refractivity contribution >= 4 is 55.4 Å². The summed E-state index contributed by atoms with van der Waals surface area (Å²) >= 11 is 7.30. The number of carboxylic acids is 2. The van der Waals surface area contributed by atoms with E-state index in [9.17, 15) is 19.8 Å². The Morgan fingerprint density at radius 2 is 0.974 bits per heavy atom. The molecule has 0 radical (unpaired) electrons. The number of aromatic nitrogens is 4. The lowest BCUT2D eigenvalue weighted by Gasteiger charge is -2.27. The number of nitrogens with one attached hydrogen (secondary N) is 2. The van der Waals surface area contributed by atoms with Gasteiger partial charge in [0, 0.05) is 87.0 Å². The Labute approximate surface area is 469 Å².